The maximum atomic E-state index is 13.3. The van der Waals surface area contributed by atoms with Crippen LogP contribution in [0.15, 0.2) is 16.6 Å². The quantitative estimate of drug-likeness (QED) is 0.586. The Morgan fingerprint density at radius 1 is 1.62 bits per heavy atom. The van der Waals surface area contributed by atoms with E-state index in [1.54, 1.807) is 13.0 Å². The van der Waals surface area contributed by atoms with E-state index in [0.717, 1.165) is 0 Å². The van der Waals surface area contributed by atoms with Gasteiger partial charge in [-0.15, -0.1) is 0 Å². The van der Waals surface area contributed by atoms with Crippen LogP contribution in [0.3, 0.4) is 0 Å². The predicted octanol–water partition coefficient (Wildman–Crippen LogP) is 3.83. The fourth-order valence-corrected chi connectivity index (χ4v) is 1.64. The highest BCUT2D eigenvalue weighted by molar-refractivity contribution is 9.10. The normalized spacial score (nSPS) is 10.2. The van der Waals surface area contributed by atoms with E-state index in [4.69, 9.17) is 11.6 Å². The van der Waals surface area contributed by atoms with E-state index in [1.807, 2.05) is 0 Å². The summed E-state index contributed by atoms with van der Waals surface area (Å²) < 4.78 is 13.8. The van der Waals surface area contributed by atoms with Crippen LogP contribution < -0.4 is 0 Å². The third kappa shape index (κ3) is 2.09. The molecule has 0 amide bonds. The summed E-state index contributed by atoms with van der Waals surface area (Å²) >= 11 is 8.64. The molecule has 0 saturated heterocycles. The zero-order valence-electron chi connectivity index (χ0n) is 6.90. The largest absolute Gasteiger partial charge is 0.294 e. The number of hydrogen-bond donors (Lipinski definition) is 0. The highest BCUT2D eigenvalue weighted by atomic mass is 79.9. The second-order valence-electron chi connectivity index (χ2n) is 2.49. The summed E-state index contributed by atoms with van der Waals surface area (Å²) in [5, 5.41) is -0.0278. The standard InChI is InChI=1S/C9H7BrClFO/c1-2-7(13)8-5(10)3-4-6(11)9(8)12/h3-4H,2H2,1H3. The van der Waals surface area contributed by atoms with Crippen molar-refractivity contribution in [3.05, 3.63) is 33.0 Å². The monoisotopic (exact) mass is 264 g/mol. The highest BCUT2D eigenvalue weighted by Crippen LogP contribution is 2.26. The number of ketones is 1. The molecule has 0 bridgehead atoms. The molecule has 0 aliphatic carbocycles. The van der Waals surface area contributed by atoms with E-state index < -0.39 is 5.82 Å². The summed E-state index contributed by atoms with van der Waals surface area (Å²) in [5.74, 6) is -0.908. The lowest BCUT2D eigenvalue weighted by atomic mass is 10.1. The van der Waals surface area contributed by atoms with Crippen LogP contribution in [0.4, 0.5) is 4.39 Å². The lowest BCUT2D eigenvalue weighted by Gasteiger charge is -2.04. The molecule has 0 fully saturated rings. The van der Waals surface area contributed by atoms with Gasteiger partial charge in [0.2, 0.25) is 0 Å². The smallest absolute Gasteiger partial charge is 0.166 e. The zero-order chi connectivity index (χ0) is 10.0. The van der Waals surface area contributed by atoms with Crippen LogP contribution in [0, 0.1) is 5.82 Å². The summed E-state index contributed by atoms with van der Waals surface area (Å²) in [6.07, 6.45) is 0.260. The number of rotatable bonds is 2. The number of Topliss-reactive ketones (excluding diaryl/α,β-unsaturated/α-hetero) is 1. The Kier molecular flexibility index (Phi) is 3.45. The number of hydrogen-bond acceptors (Lipinski definition) is 1. The van der Waals surface area contributed by atoms with Crippen LogP contribution in [-0.4, -0.2) is 5.78 Å². The lowest BCUT2D eigenvalue weighted by molar-refractivity contribution is 0.0983. The molecule has 0 unspecified atom stereocenters. The highest BCUT2D eigenvalue weighted by Gasteiger charge is 2.16. The Labute approximate surface area is 89.0 Å². The summed E-state index contributed by atoms with van der Waals surface area (Å²) in [7, 11) is 0. The van der Waals surface area contributed by atoms with E-state index in [9.17, 15) is 9.18 Å². The van der Waals surface area contributed by atoms with Crippen LogP contribution in [0.5, 0.6) is 0 Å². The SMILES string of the molecule is CCC(=O)c1c(Br)ccc(Cl)c1F. The lowest BCUT2D eigenvalue weighted by Crippen LogP contribution is -2.02. The summed E-state index contributed by atoms with van der Waals surface area (Å²) in [6, 6.07) is 2.97. The van der Waals surface area contributed by atoms with E-state index in [-0.39, 0.29) is 22.8 Å². The van der Waals surface area contributed by atoms with Crippen LogP contribution in [0.1, 0.15) is 23.7 Å². The van der Waals surface area contributed by atoms with E-state index in [1.165, 1.54) is 6.07 Å². The molecule has 1 rings (SSSR count). The van der Waals surface area contributed by atoms with Gasteiger partial charge in [0.05, 0.1) is 10.6 Å². The van der Waals surface area contributed by atoms with Crippen molar-refractivity contribution in [1.29, 1.82) is 0 Å². The molecule has 0 aromatic heterocycles. The molecule has 1 aromatic rings. The Morgan fingerprint density at radius 2 is 2.23 bits per heavy atom. The minimum absolute atomic E-state index is 0.0278. The molecule has 1 aromatic carbocycles. The first-order valence-corrected chi connectivity index (χ1v) is 4.91. The van der Waals surface area contributed by atoms with Gasteiger partial charge >= 0.3 is 0 Å². The molecule has 4 heteroatoms. The molecule has 1 nitrogen and oxygen atoms in total. The number of carbonyl (C=O) groups is 1. The van der Waals surface area contributed by atoms with Crippen LogP contribution >= 0.6 is 27.5 Å². The van der Waals surface area contributed by atoms with Gasteiger partial charge < -0.3 is 0 Å². The van der Waals surface area contributed by atoms with Crippen molar-refractivity contribution in [3.63, 3.8) is 0 Å². The third-order valence-electron chi connectivity index (χ3n) is 1.64. The van der Waals surface area contributed by atoms with Crippen molar-refractivity contribution in [2.75, 3.05) is 0 Å². The predicted molar refractivity (Wildman–Crippen MR) is 53.7 cm³/mol. The van der Waals surface area contributed by atoms with Gasteiger partial charge in [-0.2, -0.15) is 0 Å². The van der Waals surface area contributed by atoms with Crippen molar-refractivity contribution < 1.29 is 9.18 Å². The maximum Gasteiger partial charge on any atom is 0.166 e. The minimum Gasteiger partial charge on any atom is -0.294 e. The fourth-order valence-electron chi connectivity index (χ4n) is 0.959. The van der Waals surface area contributed by atoms with Crippen molar-refractivity contribution >= 4 is 33.3 Å². The molecule has 70 valence electrons. The summed E-state index contributed by atoms with van der Waals surface area (Å²) in [4.78, 5) is 11.3. The van der Waals surface area contributed by atoms with Gasteiger partial charge in [-0.3, -0.25) is 4.79 Å². The molecule has 0 atom stereocenters. The Hall–Kier alpha value is -0.410. The van der Waals surface area contributed by atoms with Gasteiger partial charge in [-0.1, -0.05) is 18.5 Å². The van der Waals surface area contributed by atoms with Gasteiger partial charge in [-0.05, 0) is 28.1 Å². The number of benzene rings is 1. The van der Waals surface area contributed by atoms with Gasteiger partial charge in [0, 0.05) is 10.9 Å². The molecule has 13 heavy (non-hydrogen) atoms. The second-order valence-corrected chi connectivity index (χ2v) is 3.76. The van der Waals surface area contributed by atoms with Crippen molar-refractivity contribution in [2.24, 2.45) is 0 Å². The summed E-state index contributed by atoms with van der Waals surface area (Å²) in [5.41, 5.74) is 0.0370. The summed E-state index contributed by atoms with van der Waals surface area (Å²) in [6.45, 7) is 1.68. The zero-order valence-corrected chi connectivity index (χ0v) is 9.25. The molecular weight excluding hydrogens is 258 g/mol. The van der Waals surface area contributed by atoms with Gasteiger partial charge in [0.1, 0.15) is 0 Å². The van der Waals surface area contributed by atoms with Crippen molar-refractivity contribution in [3.8, 4) is 0 Å². The number of carbonyl (C=O) groups excluding carboxylic acids is 1. The number of halogens is 3. The van der Waals surface area contributed by atoms with Crippen LogP contribution in [0.2, 0.25) is 5.02 Å². The van der Waals surface area contributed by atoms with Gasteiger partial charge in [-0.25, -0.2) is 4.39 Å². The van der Waals surface area contributed by atoms with Crippen molar-refractivity contribution in [2.45, 2.75) is 13.3 Å². The van der Waals surface area contributed by atoms with E-state index in [2.05, 4.69) is 15.9 Å². The molecule has 0 N–H and O–H groups in total. The first kappa shape index (κ1) is 10.7. The van der Waals surface area contributed by atoms with Crippen LogP contribution in [-0.2, 0) is 0 Å². The van der Waals surface area contributed by atoms with E-state index in [0.29, 0.717) is 4.47 Å². The average molecular weight is 266 g/mol. The first-order valence-electron chi connectivity index (χ1n) is 3.74. The van der Waals surface area contributed by atoms with Crippen LogP contribution in [0.25, 0.3) is 0 Å². The van der Waals surface area contributed by atoms with Gasteiger partial charge in [0.15, 0.2) is 11.6 Å². The second kappa shape index (κ2) is 4.20. The Balaban J connectivity index is 3.33. The molecular formula is C9H7BrClFO. The van der Waals surface area contributed by atoms with E-state index >= 15 is 0 Å². The molecule has 0 aliphatic heterocycles. The third-order valence-corrected chi connectivity index (χ3v) is 2.60. The average Bonchev–Trinajstić information content (AvgIpc) is 2.12. The minimum atomic E-state index is -0.650. The van der Waals surface area contributed by atoms with Crippen molar-refractivity contribution in [1.82, 2.24) is 0 Å². The molecule has 0 heterocycles. The topological polar surface area (TPSA) is 17.1 Å². The molecule has 0 spiro atoms. The Morgan fingerprint density at radius 3 is 2.77 bits per heavy atom. The molecule has 0 radical (unpaired) electrons. The molecule has 0 saturated carbocycles. The fraction of sp³-hybridized carbons (Fsp3) is 0.222. The Bertz CT molecular complexity index is 352. The molecule has 0 aliphatic rings. The maximum absolute atomic E-state index is 13.3. The van der Waals surface area contributed by atoms with Gasteiger partial charge in [0.25, 0.3) is 0 Å². The first-order chi connectivity index (χ1) is 6.07.